The first-order valence-electron chi connectivity index (χ1n) is 7.76. The third-order valence-corrected chi connectivity index (χ3v) is 4.96. The summed E-state index contributed by atoms with van der Waals surface area (Å²) in [6.07, 6.45) is 0. The van der Waals surface area contributed by atoms with Crippen LogP contribution in [0.3, 0.4) is 0 Å². The molecule has 4 rings (SSSR count). The van der Waals surface area contributed by atoms with Gasteiger partial charge in [-0.05, 0) is 46.5 Å². The van der Waals surface area contributed by atoms with E-state index < -0.39 is 0 Å². The Morgan fingerprint density at radius 1 is 0.864 bits per heavy atom. The molecule has 0 saturated carbocycles. The van der Waals surface area contributed by atoms with Gasteiger partial charge in [0, 0.05) is 11.1 Å². The van der Waals surface area contributed by atoms with E-state index in [2.05, 4.69) is 81.4 Å². The quantitative estimate of drug-likeness (QED) is 0.528. The third-order valence-electron chi connectivity index (χ3n) is 4.96. The van der Waals surface area contributed by atoms with E-state index in [1.807, 2.05) is 0 Å². The minimum Gasteiger partial charge on any atom is -0.257 e. The van der Waals surface area contributed by atoms with Gasteiger partial charge in [0.2, 0.25) is 0 Å². The third kappa shape index (κ3) is 1.82. The number of fused-ring (bicyclic) bond motifs is 2. The highest BCUT2D eigenvalue weighted by Gasteiger charge is 2.32. The van der Waals surface area contributed by atoms with Crippen LogP contribution < -0.4 is 0 Å². The van der Waals surface area contributed by atoms with Crippen LogP contribution in [-0.4, -0.2) is 5.71 Å². The van der Waals surface area contributed by atoms with Crippen LogP contribution in [0.5, 0.6) is 0 Å². The minimum absolute atomic E-state index is 0.0237. The van der Waals surface area contributed by atoms with E-state index in [0.29, 0.717) is 0 Å². The van der Waals surface area contributed by atoms with Gasteiger partial charge in [-0.25, -0.2) is 0 Å². The molecular formula is C21H19N. The van der Waals surface area contributed by atoms with Gasteiger partial charge < -0.3 is 0 Å². The van der Waals surface area contributed by atoms with Crippen molar-refractivity contribution in [3.63, 3.8) is 0 Å². The molecule has 1 aliphatic heterocycles. The van der Waals surface area contributed by atoms with Gasteiger partial charge in [0.05, 0.1) is 5.69 Å². The summed E-state index contributed by atoms with van der Waals surface area (Å²) in [5.74, 6) is 0. The van der Waals surface area contributed by atoms with Crippen LogP contribution >= 0.6 is 0 Å². The van der Waals surface area contributed by atoms with E-state index in [9.17, 15) is 0 Å². The highest BCUT2D eigenvalue weighted by molar-refractivity contribution is 6.01. The molecule has 0 fully saturated rings. The molecule has 0 saturated heterocycles. The summed E-state index contributed by atoms with van der Waals surface area (Å²) in [5, 5.41) is 2.59. The number of hydrogen-bond acceptors (Lipinski definition) is 1. The topological polar surface area (TPSA) is 12.4 Å². The smallest absolute Gasteiger partial charge is 0.0671 e. The maximum absolute atomic E-state index is 4.72. The maximum Gasteiger partial charge on any atom is 0.0671 e. The van der Waals surface area contributed by atoms with E-state index in [4.69, 9.17) is 4.99 Å². The minimum atomic E-state index is 0.0237. The van der Waals surface area contributed by atoms with Crippen molar-refractivity contribution in [2.45, 2.75) is 26.2 Å². The molecule has 0 aromatic heterocycles. The Kier molecular flexibility index (Phi) is 2.74. The normalized spacial score (nSPS) is 15.7. The average molecular weight is 285 g/mol. The Balaban J connectivity index is 1.94. The molecule has 1 nitrogen and oxygen atoms in total. The zero-order valence-corrected chi connectivity index (χ0v) is 13.2. The number of nitrogens with zero attached hydrogens (tertiary/aromatic N) is 1. The molecule has 0 atom stereocenters. The van der Waals surface area contributed by atoms with E-state index >= 15 is 0 Å². The lowest BCUT2D eigenvalue weighted by Gasteiger charge is -2.20. The summed E-state index contributed by atoms with van der Waals surface area (Å²) < 4.78 is 0. The molecule has 0 radical (unpaired) electrons. The van der Waals surface area contributed by atoms with Crippen molar-refractivity contribution in [1.29, 1.82) is 0 Å². The fraction of sp³-hybridized carbons (Fsp3) is 0.190. The van der Waals surface area contributed by atoms with Gasteiger partial charge in [0.1, 0.15) is 0 Å². The monoisotopic (exact) mass is 285 g/mol. The second-order valence-corrected chi connectivity index (χ2v) is 6.58. The average Bonchev–Trinajstić information content (AvgIpc) is 2.76. The van der Waals surface area contributed by atoms with Crippen molar-refractivity contribution >= 4 is 22.2 Å². The summed E-state index contributed by atoms with van der Waals surface area (Å²) in [4.78, 5) is 4.72. The SMILES string of the molecule is CC1=Nc2ccc(-c3cccc4ccccc34)cc2C1(C)C. The van der Waals surface area contributed by atoms with Crippen molar-refractivity contribution in [2.75, 3.05) is 0 Å². The molecule has 0 amide bonds. The molecule has 0 unspecified atom stereocenters. The van der Waals surface area contributed by atoms with Crippen molar-refractivity contribution < 1.29 is 0 Å². The van der Waals surface area contributed by atoms with Crippen molar-refractivity contribution in [3.8, 4) is 11.1 Å². The van der Waals surface area contributed by atoms with E-state index in [-0.39, 0.29) is 5.41 Å². The van der Waals surface area contributed by atoms with Crippen LogP contribution in [0, 0.1) is 0 Å². The first-order valence-corrected chi connectivity index (χ1v) is 7.76. The predicted octanol–water partition coefficient (Wildman–Crippen LogP) is 5.89. The Morgan fingerprint density at radius 2 is 1.64 bits per heavy atom. The molecule has 1 heterocycles. The predicted molar refractivity (Wildman–Crippen MR) is 95.2 cm³/mol. The van der Waals surface area contributed by atoms with Crippen LogP contribution in [0.2, 0.25) is 0 Å². The van der Waals surface area contributed by atoms with Gasteiger partial charge in [-0.1, -0.05) is 62.4 Å². The molecule has 1 aliphatic rings. The number of benzene rings is 3. The summed E-state index contributed by atoms with van der Waals surface area (Å²) in [6.45, 7) is 6.63. The van der Waals surface area contributed by atoms with Gasteiger partial charge in [0.25, 0.3) is 0 Å². The highest BCUT2D eigenvalue weighted by atomic mass is 14.8. The van der Waals surface area contributed by atoms with Crippen LogP contribution in [0.1, 0.15) is 26.3 Å². The molecule has 108 valence electrons. The fourth-order valence-electron chi connectivity index (χ4n) is 3.29. The Hall–Kier alpha value is -2.41. The molecule has 0 aliphatic carbocycles. The van der Waals surface area contributed by atoms with Gasteiger partial charge in [-0.3, -0.25) is 4.99 Å². The summed E-state index contributed by atoms with van der Waals surface area (Å²) in [5.41, 5.74) is 6.23. The zero-order valence-electron chi connectivity index (χ0n) is 13.2. The van der Waals surface area contributed by atoms with Crippen LogP contribution in [0.4, 0.5) is 5.69 Å². The lowest BCUT2D eigenvalue weighted by molar-refractivity contribution is 0.733. The summed E-state index contributed by atoms with van der Waals surface area (Å²) in [7, 11) is 0. The number of aliphatic imine (C=N–C) groups is 1. The summed E-state index contributed by atoms with van der Waals surface area (Å²) in [6, 6.07) is 21.8. The van der Waals surface area contributed by atoms with Gasteiger partial charge in [0.15, 0.2) is 0 Å². The molecule has 22 heavy (non-hydrogen) atoms. The lowest BCUT2D eigenvalue weighted by Crippen LogP contribution is -2.22. The highest BCUT2D eigenvalue weighted by Crippen LogP contribution is 2.42. The zero-order chi connectivity index (χ0) is 15.3. The second-order valence-electron chi connectivity index (χ2n) is 6.58. The van der Waals surface area contributed by atoms with Crippen LogP contribution in [0.15, 0.2) is 65.7 Å². The van der Waals surface area contributed by atoms with Crippen LogP contribution in [-0.2, 0) is 5.41 Å². The maximum atomic E-state index is 4.72. The Morgan fingerprint density at radius 3 is 2.50 bits per heavy atom. The van der Waals surface area contributed by atoms with Gasteiger partial charge in [-0.2, -0.15) is 0 Å². The molecule has 0 bridgehead atoms. The van der Waals surface area contributed by atoms with Crippen molar-refractivity contribution in [1.82, 2.24) is 0 Å². The molecule has 1 heteroatoms. The number of hydrogen-bond donors (Lipinski definition) is 0. The molecule has 0 N–H and O–H groups in total. The standard InChI is InChI=1S/C21H19N/c1-14-21(2,3)19-13-16(11-12-20(19)22-14)18-10-6-8-15-7-4-5-9-17(15)18/h4-13H,1-3H3. The second kappa shape index (κ2) is 4.54. The Labute approximate surface area is 131 Å². The lowest BCUT2D eigenvalue weighted by atomic mass is 9.81. The molecule has 3 aromatic rings. The largest absolute Gasteiger partial charge is 0.257 e. The van der Waals surface area contributed by atoms with Crippen LogP contribution in [0.25, 0.3) is 21.9 Å². The Bertz CT molecular complexity index is 911. The molecule has 0 spiro atoms. The number of rotatable bonds is 1. The van der Waals surface area contributed by atoms with E-state index in [1.165, 1.54) is 33.2 Å². The van der Waals surface area contributed by atoms with E-state index in [0.717, 1.165) is 5.69 Å². The van der Waals surface area contributed by atoms with Crippen molar-refractivity contribution in [3.05, 3.63) is 66.2 Å². The first kappa shape index (κ1) is 13.3. The van der Waals surface area contributed by atoms with E-state index in [1.54, 1.807) is 0 Å². The van der Waals surface area contributed by atoms with Crippen molar-refractivity contribution in [2.24, 2.45) is 4.99 Å². The fourth-order valence-corrected chi connectivity index (χ4v) is 3.29. The molecule has 3 aromatic carbocycles. The van der Waals surface area contributed by atoms with Gasteiger partial charge in [-0.15, -0.1) is 0 Å². The van der Waals surface area contributed by atoms with Gasteiger partial charge >= 0.3 is 0 Å². The summed E-state index contributed by atoms with van der Waals surface area (Å²) >= 11 is 0. The molecular weight excluding hydrogens is 266 g/mol. The first-order chi connectivity index (χ1) is 10.6.